The molecule has 1 amide bonds. The molecule has 4 nitrogen and oxygen atoms in total. The van der Waals surface area contributed by atoms with Gasteiger partial charge in [0.05, 0.1) is 5.41 Å². The second-order valence-electron chi connectivity index (χ2n) is 6.05. The van der Waals surface area contributed by atoms with E-state index in [1.807, 2.05) is 25.1 Å². The summed E-state index contributed by atoms with van der Waals surface area (Å²) in [5.74, 6) is -1.15. The van der Waals surface area contributed by atoms with Crippen LogP contribution in [0.2, 0.25) is 0 Å². The second kappa shape index (κ2) is 6.29. The molecule has 0 aliphatic heterocycles. The van der Waals surface area contributed by atoms with Crippen molar-refractivity contribution in [2.24, 2.45) is 0 Å². The Morgan fingerprint density at radius 2 is 1.90 bits per heavy atom. The van der Waals surface area contributed by atoms with Crippen molar-refractivity contribution in [2.75, 3.05) is 0 Å². The van der Waals surface area contributed by atoms with Gasteiger partial charge < -0.3 is 10.4 Å². The summed E-state index contributed by atoms with van der Waals surface area (Å²) >= 11 is 0. The lowest BCUT2D eigenvalue weighted by molar-refractivity contribution is -0.142. The van der Waals surface area contributed by atoms with E-state index < -0.39 is 17.4 Å². The minimum absolute atomic E-state index is 0.150. The average molecular weight is 289 g/mol. The molecule has 1 aliphatic carbocycles. The van der Waals surface area contributed by atoms with Crippen LogP contribution in [-0.4, -0.2) is 23.0 Å². The van der Waals surface area contributed by atoms with Crippen molar-refractivity contribution < 1.29 is 14.7 Å². The molecule has 2 N–H and O–H groups in total. The number of rotatable bonds is 4. The molecule has 0 radical (unpaired) electrons. The van der Waals surface area contributed by atoms with Crippen LogP contribution >= 0.6 is 0 Å². The maximum absolute atomic E-state index is 12.8. The first kappa shape index (κ1) is 15.5. The number of aliphatic carboxylic acids is 1. The zero-order valence-corrected chi connectivity index (χ0v) is 12.7. The number of carbonyl (C=O) groups is 2. The van der Waals surface area contributed by atoms with Gasteiger partial charge in [0.15, 0.2) is 0 Å². The number of carboxylic acids is 1. The molecular formula is C17H23NO3. The maximum atomic E-state index is 12.8. The van der Waals surface area contributed by atoms with Crippen LogP contribution in [0.1, 0.15) is 50.2 Å². The zero-order chi connectivity index (χ0) is 15.5. The van der Waals surface area contributed by atoms with Crippen molar-refractivity contribution >= 4 is 11.9 Å². The van der Waals surface area contributed by atoms with E-state index in [0.717, 1.165) is 43.2 Å². The van der Waals surface area contributed by atoms with E-state index in [9.17, 15) is 9.59 Å². The quantitative estimate of drug-likeness (QED) is 0.895. The van der Waals surface area contributed by atoms with E-state index in [-0.39, 0.29) is 5.91 Å². The third-order valence-electron chi connectivity index (χ3n) is 4.43. The van der Waals surface area contributed by atoms with E-state index in [4.69, 9.17) is 5.11 Å². The SMILES string of the molecule is Cc1cccc(C2(C(=O)N[C@@H](C)C(=O)O)CCCCC2)c1. The zero-order valence-electron chi connectivity index (χ0n) is 12.7. The van der Waals surface area contributed by atoms with Crippen LogP contribution in [0.15, 0.2) is 24.3 Å². The summed E-state index contributed by atoms with van der Waals surface area (Å²) in [4.78, 5) is 23.8. The van der Waals surface area contributed by atoms with Crippen LogP contribution in [0, 0.1) is 6.92 Å². The summed E-state index contributed by atoms with van der Waals surface area (Å²) in [5.41, 5.74) is 1.56. The third-order valence-corrected chi connectivity index (χ3v) is 4.43. The van der Waals surface area contributed by atoms with Gasteiger partial charge in [-0.2, -0.15) is 0 Å². The van der Waals surface area contributed by atoms with Crippen molar-refractivity contribution in [2.45, 2.75) is 57.4 Å². The van der Waals surface area contributed by atoms with E-state index in [1.165, 1.54) is 6.92 Å². The monoisotopic (exact) mass is 289 g/mol. The van der Waals surface area contributed by atoms with Crippen LogP contribution < -0.4 is 5.32 Å². The molecule has 0 aromatic heterocycles. The molecule has 0 heterocycles. The van der Waals surface area contributed by atoms with Crippen molar-refractivity contribution in [3.63, 3.8) is 0 Å². The van der Waals surface area contributed by atoms with Crippen molar-refractivity contribution in [1.29, 1.82) is 0 Å². The topological polar surface area (TPSA) is 66.4 Å². The van der Waals surface area contributed by atoms with E-state index in [2.05, 4.69) is 11.4 Å². The molecule has 1 atom stereocenters. The Hall–Kier alpha value is -1.84. The molecule has 114 valence electrons. The van der Waals surface area contributed by atoms with Gasteiger partial charge in [0, 0.05) is 0 Å². The number of benzene rings is 1. The number of amides is 1. The summed E-state index contributed by atoms with van der Waals surface area (Å²) in [5, 5.41) is 11.7. The summed E-state index contributed by atoms with van der Waals surface area (Å²) in [7, 11) is 0. The molecule has 1 aliphatic rings. The number of nitrogens with one attached hydrogen (secondary N) is 1. The van der Waals surface area contributed by atoms with Gasteiger partial charge in [-0.1, -0.05) is 49.1 Å². The average Bonchev–Trinajstić information content (AvgIpc) is 2.47. The first-order valence-corrected chi connectivity index (χ1v) is 7.57. The van der Waals surface area contributed by atoms with Gasteiger partial charge in [0.25, 0.3) is 0 Å². The first-order valence-electron chi connectivity index (χ1n) is 7.57. The first-order chi connectivity index (χ1) is 9.95. The number of hydrogen-bond acceptors (Lipinski definition) is 2. The lowest BCUT2D eigenvalue weighted by Crippen LogP contribution is -2.50. The van der Waals surface area contributed by atoms with Gasteiger partial charge >= 0.3 is 5.97 Å². The van der Waals surface area contributed by atoms with Gasteiger partial charge in [-0.05, 0) is 32.3 Å². The molecule has 4 heteroatoms. The lowest BCUT2D eigenvalue weighted by Gasteiger charge is -2.37. The Kier molecular flexibility index (Phi) is 4.66. The molecule has 0 unspecified atom stereocenters. The molecule has 0 spiro atoms. The summed E-state index contributed by atoms with van der Waals surface area (Å²) in [6, 6.07) is 7.16. The van der Waals surface area contributed by atoms with Crippen LogP contribution in [0.5, 0.6) is 0 Å². The minimum atomic E-state index is -1.00. The smallest absolute Gasteiger partial charge is 0.325 e. The van der Waals surface area contributed by atoms with Crippen LogP contribution in [-0.2, 0) is 15.0 Å². The molecule has 1 fully saturated rings. The molecule has 0 saturated heterocycles. The number of carboxylic acid groups (broad SMARTS) is 1. The number of hydrogen-bond donors (Lipinski definition) is 2. The highest BCUT2D eigenvalue weighted by Gasteiger charge is 2.41. The number of aryl methyl sites for hydroxylation is 1. The van der Waals surface area contributed by atoms with E-state index >= 15 is 0 Å². The molecule has 0 bridgehead atoms. The Balaban J connectivity index is 2.33. The van der Waals surface area contributed by atoms with Crippen molar-refractivity contribution in [1.82, 2.24) is 5.32 Å². The van der Waals surface area contributed by atoms with Crippen molar-refractivity contribution in [3.05, 3.63) is 35.4 Å². The fourth-order valence-electron chi connectivity index (χ4n) is 3.14. The van der Waals surface area contributed by atoms with Crippen LogP contribution in [0.4, 0.5) is 0 Å². The molecular weight excluding hydrogens is 266 g/mol. The third kappa shape index (κ3) is 3.26. The predicted molar refractivity (Wildman–Crippen MR) is 81.2 cm³/mol. The van der Waals surface area contributed by atoms with Gasteiger partial charge in [-0.25, -0.2) is 0 Å². The highest BCUT2D eigenvalue weighted by molar-refractivity contribution is 5.91. The molecule has 2 rings (SSSR count). The van der Waals surface area contributed by atoms with Gasteiger partial charge in [0.2, 0.25) is 5.91 Å². The summed E-state index contributed by atoms with van der Waals surface area (Å²) in [6.07, 6.45) is 4.71. The predicted octanol–water partition coefficient (Wildman–Crippen LogP) is 2.79. The van der Waals surface area contributed by atoms with Crippen LogP contribution in [0.25, 0.3) is 0 Å². The molecule has 1 saturated carbocycles. The number of carbonyl (C=O) groups excluding carboxylic acids is 1. The largest absolute Gasteiger partial charge is 0.480 e. The highest BCUT2D eigenvalue weighted by atomic mass is 16.4. The fraction of sp³-hybridized carbons (Fsp3) is 0.529. The van der Waals surface area contributed by atoms with E-state index in [1.54, 1.807) is 0 Å². The van der Waals surface area contributed by atoms with Gasteiger partial charge in [0.1, 0.15) is 6.04 Å². The minimum Gasteiger partial charge on any atom is -0.480 e. The Bertz CT molecular complexity index is 533. The molecule has 21 heavy (non-hydrogen) atoms. The Morgan fingerprint density at radius 1 is 1.24 bits per heavy atom. The van der Waals surface area contributed by atoms with Gasteiger partial charge in [-0.15, -0.1) is 0 Å². The normalized spacial score (nSPS) is 18.8. The molecule has 1 aromatic carbocycles. The summed E-state index contributed by atoms with van der Waals surface area (Å²) < 4.78 is 0. The Morgan fingerprint density at radius 3 is 2.48 bits per heavy atom. The Labute approximate surface area is 125 Å². The second-order valence-corrected chi connectivity index (χ2v) is 6.05. The van der Waals surface area contributed by atoms with Gasteiger partial charge in [-0.3, -0.25) is 9.59 Å². The summed E-state index contributed by atoms with van der Waals surface area (Å²) in [6.45, 7) is 3.52. The van der Waals surface area contributed by atoms with E-state index in [0.29, 0.717) is 0 Å². The standard InChI is InChI=1S/C17H23NO3/c1-12-7-6-8-14(11-12)17(9-4-3-5-10-17)16(21)18-13(2)15(19)20/h6-8,11,13H,3-5,9-10H2,1-2H3,(H,18,21)(H,19,20)/t13-/m0/s1. The lowest BCUT2D eigenvalue weighted by atomic mass is 9.68. The maximum Gasteiger partial charge on any atom is 0.325 e. The van der Waals surface area contributed by atoms with Crippen molar-refractivity contribution in [3.8, 4) is 0 Å². The molecule has 1 aromatic rings. The highest BCUT2D eigenvalue weighted by Crippen LogP contribution is 2.40. The van der Waals surface area contributed by atoms with Crippen LogP contribution in [0.3, 0.4) is 0 Å². The fourth-order valence-corrected chi connectivity index (χ4v) is 3.14.